The van der Waals surface area contributed by atoms with Gasteiger partial charge in [0.25, 0.3) is 0 Å². The summed E-state index contributed by atoms with van der Waals surface area (Å²) in [5.41, 5.74) is -0.380. The summed E-state index contributed by atoms with van der Waals surface area (Å²) in [7, 11) is 0. The van der Waals surface area contributed by atoms with Crippen LogP contribution >= 0.6 is 15.9 Å². The first-order valence-electron chi connectivity index (χ1n) is 6.74. The summed E-state index contributed by atoms with van der Waals surface area (Å²) in [4.78, 5) is 12.1. The van der Waals surface area contributed by atoms with Gasteiger partial charge in [0, 0.05) is 21.9 Å². The van der Waals surface area contributed by atoms with Gasteiger partial charge in [-0.15, -0.1) is 0 Å². The molecule has 0 aliphatic heterocycles. The van der Waals surface area contributed by atoms with Crippen LogP contribution in [0, 0.1) is 5.41 Å². The first-order valence-corrected chi connectivity index (χ1v) is 7.54. The Kier molecular flexibility index (Phi) is 4.03. The molecule has 1 aliphatic carbocycles. The number of halogens is 1. The van der Waals surface area contributed by atoms with Crippen molar-refractivity contribution in [2.75, 3.05) is 0 Å². The van der Waals surface area contributed by atoms with Crippen molar-refractivity contribution in [1.29, 1.82) is 0 Å². The van der Waals surface area contributed by atoms with Crippen LogP contribution in [0.15, 0.2) is 52.5 Å². The van der Waals surface area contributed by atoms with E-state index >= 15 is 0 Å². The van der Waals surface area contributed by atoms with Crippen LogP contribution in [-0.4, -0.2) is 10.9 Å². The molecule has 106 valence electrons. The molecule has 0 spiro atoms. The zero-order chi connectivity index (χ0) is 15.0. The van der Waals surface area contributed by atoms with E-state index in [2.05, 4.69) is 15.9 Å². The van der Waals surface area contributed by atoms with Gasteiger partial charge in [-0.05, 0) is 23.8 Å². The molecular weight excluding hydrogens is 316 g/mol. The summed E-state index contributed by atoms with van der Waals surface area (Å²) in [6.45, 7) is 5.67. The standard InChI is InChI=1S/C17H19BrO2/c1-4-15(19)14-6-5-11-17(20,16(14,2)3)12-7-9-13(18)10-8-12/h5-11,20H,4H2,1-3H3. The quantitative estimate of drug-likeness (QED) is 0.901. The predicted molar refractivity (Wildman–Crippen MR) is 84.3 cm³/mol. The second-order valence-corrected chi connectivity index (χ2v) is 6.53. The van der Waals surface area contributed by atoms with Crippen LogP contribution in [0.25, 0.3) is 0 Å². The highest BCUT2D eigenvalue weighted by molar-refractivity contribution is 9.10. The summed E-state index contributed by atoms with van der Waals surface area (Å²) in [5.74, 6) is 0.0786. The van der Waals surface area contributed by atoms with Crippen molar-refractivity contribution in [3.8, 4) is 0 Å². The Balaban J connectivity index is 2.52. The molecule has 1 aromatic carbocycles. The molecule has 0 radical (unpaired) electrons. The van der Waals surface area contributed by atoms with Crippen LogP contribution in [0.5, 0.6) is 0 Å². The maximum Gasteiger partial charge on any atom is 0.159 e. The Morgan fingerprint density at radius 1 is 1.25 bits per heavy atom. The summed E-state index contributed by atoms with van der Waals surface area (Å²) >= 11 is 3.40. The first kappa shape index (κ1) is 15.2. The molecule has 2 nitrogen and oxygen atoms in total. The van der Waals surface area contributed by atoms with Crippen LogP contribution < -0.4 is 0 Å². The lowest BCUT2D eigenvalue weighted by Crippen LogP contribution is -2.44. The topological polar surface area (TPSA) is 37.3 Å². The normalized spacial score (nSPS) is 24.4. The third kappa shape index (κ3) is 2.29. The second-order valence-electron chi connectivity index (χ2n) is 5.61. The molecule has 0 saturated heterocycles. The number of ketones is 1. The largest absolute Gasteiger partial charge is 0.380 e. The monoisotopic (exact) mass is 334 g/mol. The third-order valence-electron chi connectivity index (χ3n) is 4.13. The van der Waals surface area contributed by atoms with E-state index in [9.17, 15) is 9.90 Å². The summed E-state index contributed by atoms with van der Waals surface area (Å²) < 4.78 is 0.961. The van der Waals surface area contributed by atoms with Crippen molar-refractivity contribution < 1.29 is 9.90 Å². The van der Waals surface area contributed by atoms with Gasteiger partial charge in [-0.25, -0.2) is 0 Å². The van der Waals surface area contributed by atoms with Gasteiger partial charge < -0.3 is 5.11 Å². The molecular formula is C17H19BrO2. The Morgan fingerprint density at radius 3 is 2.40 bits per heavy atom. The fourth-order valence-electron chi connectivity index (χ4n) is 2.70. The highest BCUT2D eigenvalue weighted by Crippen LogP contribution is 2.48. The number of aliphatic hydroxyl groups is 1. The molecule has 1 N–H and O–H groups in total. The molecule has 20 heavy (non-hydrogen) atoms. The van der Waals surface area contributed by atoms with Gasteiger partial charge in [0.05, 0.1) is 0 Å². The van der Waals surface area contributed by atoms with Crippen LogP contribution in [0.1, 0.15) is 32.8 Å². The number of carbonyl (C=O) groups is 1. The van der Waals surface area contributed by atoms with Gasteiger partial charge in [0.2, 0.25) is 0 Å². The van der Waals surface area contributed by atoms with E-state index in [4.69, 9.17) is 0 Å². The fraction of sp³-hybridized carbons (Fsp3) is 0.353. The van der Waals surface area contributed by atoms with E-state index in [-0.39, 0.29) is 5.78 Å². The number of allylic oxidation sites excluding steroid dienone is 2. The van der Waals surface area contributed by atoms with Gasteiger partial charge in [-0.2, -0.15) is 0 Å². The van der Waals surface area contributed by atoms with Gasteiger partial charge in [0.15, 0.2) is 5.78 Å². The number of benzene rings is 1. The minimum absolute atomic E-state index is 0.0786. The number of hydrogen-bond donors (Lipinski definition) is 1. The van der Waals surface area contributed by atoms with E-state index in [1.165, 1.54) is 0 Å². The highest BCUT2D eigenvalue weighted by Gasteiger charge is 2.48. The fourth-order valence-corrected chi connectivity index (χ4v) is 2.96. The summed E-state index contributed by atoms with van der Waals surface area (Å²) in [5, 5.41) is 11.2. The van der Waals surface area contributed by atoms with Crippen LogP contribution in [0.3, 0.4) is 0 Å². The molecule has 3 heteroatoms. The molecule has 0 amide bonds. The minimum Gasteiger partial charge on any atom is -0.380 e. The molecule has 2 rings (SSSR count). The lowest BCUT2D eigenvalue weighted by Gasteiger charge is -2.44. The Bertz CT molecular complexity index is 582. The van der Waals surface area contributed by atoms with Crippen molar-refractivity contribution in [2.24, 2.45) is 5.41 Å². The smallest absolute Gasteiger partial charge is 0.159 e. The van der Waals surface area contributed by atoms with Gasteiger partial charge >= 0.3 is 0 Å². The molecule has 1 aliphatic rings. The van der Waals surface area contributed by atoms with E-state index in [0.717, 1.165) is 10.0 Å². The maximum atomic E-state index is 12.1. The SMILES string of the molecule is CCC(=O)C1=CC=CC(O)(c2ccc(Br)cc2)C1(C)C. The Labute approximate surface area is 128 Å². The average Bonchev–Trinajstić information content (AvgIpc) is 2.41. The van der Waals surface area contributed by atoms with Crippen molar-refractivity contribution in [3.05, 3.63) is 58.1 Å². The van der Waals surface area contributed by atoms with Crippen LogP contribution in [-0.2, 0) is 10.4 Å². The van der Waals surface area contributed by atoms with Gasteiger partial charge in [-0.3, -0.25) is 4.79 Å². The zero-order valence-corrected chi connectivity index (χ0v) is 13.6. The Hall–Kier alpha value is -1.19. The second kappa shape index (κ2) is 5.30. The molecule has 1 atom stereocenters. The minimum atomic E-state index is -1.18. The van der Waals surface area contributed by atoms with E-state index in [1.807, 2.05) is 51.1 Å². The number of carbonyl (C=O) groups excluding carboxylic acids is 1. The van der Waals surface area contributed by atoms with E-state index in [1.54, 1.807) is 12.2 Å². The van der Waals surface area contributed by atoms with Crippen LogP contribution in [0.4, 0.5) is 0 Å². The lowest BCUT2D eigenvalue weighted by atomic mass is 9.63. The molecule has 0 fully saturated rings. The molecule has 0 saturated carbocycles. The summed E-state index contributed by atoms with van der Waals surface area (Å²) in [6, 6.07) is 7.57. The average molecular weight is 335 g/mol. The van der Waals surface area contributed by atoms with Gasteiger partial charge in [0.1, 0.15) is 5.60 Å². The molecule has 0 heterocycles. The molecule has 0 bridgehead atoms. The third-order valence-corrected chi connectivity index (χ3v) is 4.66. The Morgan fingerprint density at radius 2 is 1.85 bits per heavy atom. The lowest BCUT2D eigenvalue weighted by molar-refractivity contribution is -0.118. The molecule has 1 unspecified atom stereocenters. The molecule has 1 aromatic rings. The predicted octanol–water partition coefficient (Wildman–Crippen LogP) is 4.14. The van der Waals surface area contributed by atoms with Crippen molar-refractivity contribution in [3.63, 3.8) is 0 Å². The van der Waals surface area contributed by atoms with Crippen molar-refractivity contribution in [1.82, 2.24) is 0 Å². The first-order chi connectivity index (χ1) is 9.33. The molecule has 0 aromatic heterocycles. The van der Waals surface area contributed by atoms with Crippen molar-refractivity contribution in [2.45, 2.75) is 32.8 Å². The highest BCUT2D eigenvalue weighted by atomic mass is 79.9. The summed E-state index contributed by atoms with van der Waals surface area (Å²) in [6.07, 6.45) is 5.80. The van der Waals surface area contributed by atoms with E-state index < -0.39 is 11.0 Å². The number of Topliss-reactive ketones (excluding diaryl/α,β-unsaturated/α-hetero) is 1. The number of rotatable bonds is 3. The van der Waals surface area contributed by atoms with E-state index in [0.29, 0.717) is 12.0 Å². The van der Waals surface area contributed by atoms with Gasteiger partial charge in [-0.1, -0.05) is 61.0 Å². The van der Waals surface area contributed by atoms with Crippen molar-refractivity contribution >= 4 is 21.7 Å². The van der Waals surface area contributed by atoms with Crippen LogP contribution in [0.2, 0.25) is 0 Å². The zero-order valence-electron chi connectivity index (χ0n) is 12.0. The number of hydrogen-bond acceptors (Lipinski definition) is 2. The maximum absolute atomic E-state index is 12.1.